The van der Waals surface area contributed by atoms with E-state index in [9.17, 15) is 5.11 Å². The molecule has 0 aromatic rings. The van der Waals surface area contributed by atoms with Gasteiger partial charge in [0.2, 0.25) is 0 Å². The fourth-order valence-electron chi connectivity index (χ4n) is 0.754. The predicted molar refractivity (Wildman–Crippen MR) is 41.7 cm³/mol. The number of aliphatic hydroxyl groups is 2. The Morgan fingerprint density at radius 1 is 1.30 bits per heavy atom. The van der Waals surface area contributed by atoms with Crippen LogP contribution in [0, 0.1) is 11.8 Å². The van der Waals surface area contributed by atoms with E-state index >= 15 is 0 Å². The lowest BCUT2D eigenvalue weighted by Crippen LogP contribution is -2.40. The lowest BCUT2D eigenvalue weighted by molar-refractivity contribution is -0.0528. The van der Waals surface area contributed by atoms with Crippen molar-refractivity contribution in [3.05, 3.63) is 0 Å². The number of hydrogen-bond acceptors (Lipinski definition) is 2. The Kier molecular flexibility index (Phi) is 3.33. The molecule has 0 aromatic carbocycles. The van der Waals surface area contributed by atoms with Gasteiger partial charge in [-0.05, 0) is 12.8 Å². The average molecular weight is 146 g/mol. The summed E-state index contributed by atoms with van der Waals surface area (Å²) < 4.78 is 0. The van der Waals surface area contributed by atoms with Crippen molar-refractivity contribution in [1.29, 1.82) is 0 Å². The van der Waals surface area contributed by atoms with Crippen molar-refractivity contribution in [1.82, 2.24) is 0 Å². The number of rotatable bonds is 3. The van der Waals surface area contributed by atoms with Crippen molar-refractivity contribution in [3.8, 4) is 0 Å². The summed E-state index contributed by atoms with van der Waals surface area (Å²) in [7, 11) is 0. The van der Waals surface area contributed by atoms with Crippen LogP contribution < -0.4 is 0 Å². The summed E-state index contributed by atoms with van der Waals surface area (Å²) in [6.07, 6.45) is 0. The monoisotopic (exact) mass is 146 g/mol. The van der Waals surface area contributed by atoms with E-state index in [1.807, 2.05) is 20.8 Å². The van der Waals surface area contributed by atoms with Gasteiger partial charge in [0.1, 0.15) is 0 Å². The molecule has 2 nitrogen and oxygen atoms in total. The highest BCUT2D eigenvalue weighted by atomic mass is 16.3. The molecular formula is C8H18O2. The van der Waals surface area contributed by atoms with Gasteiger partial charge in [-0.15, -0.1) is 0 Å². The molecule has 0 aliphatic carbocycles. The summed E-state index contributed by atoms with van der Waals surface area (Å²) >= 11 is 0. The van der Waals surface area contributed by atoms with Gasteiger partial charge in [0.05, 0.1) is 5.60 Å². The number of hydrogen-bond donors (Lipinski definition) is 2. The summed E-state index contributed by atoms with van der Waals surface area (Å²) in [6.45, 7) is 7.56. The van der Waals surface area contributed by atoms with E-state index in [0.717, 1.165) is 0 Å². The van der Waals surface area contributed by atoms with E-state index in [1.54, 1.807) is 6.92 Å². The molecule has 0 unspecified atom stereocenters. The molecule has 2 heteroatoms. The van der Waals surface area contributed by atoms with Crippen LogP contribution in [0.2, 0.25) is 0 Å². The first-order valence-corrected chi connectivity index (χ1v) is 3.76. The Morgan fingerprint density at radius 2 is 1.70 bits per heavy atom. The van der Waals surface area contributed by atoms with Crippen molar-refractivity contribution in [3.63, 3.8) is 0 Å². The second kappa shape index (κ2) is 3.35. The van der Waals surface area contributed by atoms with Gasteiger partial charge in [-0.1, -0.05) is 20.8 Å². The Morgan fingerprint density at radius 3 is 1.80 bits per heavy atom. The van der Waals surface area contributed by atoms with Crippen molar-refractivity contribution in [2.24, 2.45) is 11.8 Å². The van der Waals surface area contributed by atoms with Crippen molar-refractivity contribution in [2.75, 3.05) is 6.61 Å². The largest absolute Gasteiger partial charge is 0.396 e. The fourth-order valence-corrected chi connectivity index (χ4v) is 0.754. The van der Waals surface area contributed by atoms with E-state index in [2.05, 4.69) is 0 Å². The first-order chi connectivity index (χ1) is 4.42. The lowest BCUT2D eigenvalue weighted by atomic mass is 9.82. The van der Waals surface area contributed by atoms with Crippen LogP contribution in [0.15, 0.2) is 0 Å². The third-order valence-corrected chi connectivity index (χ3v) is 2.44. The van der Waals surface area contributed by atoms with E-state index < -0.39 is 5.60 Å². The molecule has 0 saturated heterocycles. The minimum atomic E-state index is -0.741. The molecule has 62 valence electrons. The Hall–Kier alpha value is -0.0800. The first kappa shape index (κ1) is 9.92. The normalized spacial score (nSPS) is 20.7. The van der Waals surface area contributed by atoms with E-state index in [1.165, 1.54) is 0 Å². The van der Waals surface area contributed by atoms with Gasteiger partial charge in [-0.2, -0.15) is 0 Å². The molecular weight excluding hydrogens is 128 g/mol. The molecule has 0 rings (SSSR count). The average Bonchev–Trinajstić information content (AvgIpc) is 1.86. The van der Waals surface area contributed by atoms with Crippen LogP contribution in [0.4, 0.5) is 0 Å². The van der Waals surface area contributed by atoms with Gasteiger partial charge in [-0.3, -0.25) is 0 Å². The van der Waals surface area contributed by atoms with Crippen LogP contribution in [-0.2, 0) is 0 Å². The summed E-state index contributed by atoms with van der Waals surface area (Å²) in [5, 5.41) is 18.5. The van der Waals surface area contributed by atoms with Crippen LogP contribution in [0.1, 0.15) is 27.7 Å². The van der Waals surface area contributed by atoms with Crippen LogP contribution in [0.3, 0.4) is 0 Å². The quantitative estimate of drug-likeness (QED) is 0.624. The molecule has 0 radical (unpaired) electrons. The first-order valence-electron chi connectivity index (χ1n) is 3.76. The van der Waals surface area contributed by atoms with Gasteiger partial charge < -0.3 is 10.2 Å². The van der Waals surface area contributed by atoms with Gasteiger partial charge in [-0.25, -0.2) is 0 Å². The number of aliphatic hydroxyl groups excluding tert-OH is 1. The van der Waals surface area contributed by atoms with Crippen LogP contribution in [-0.4, -0.2) is 22.4 Å². The van der Waals surface area contributed by atoms with Crippen LogP contribution in [0.5, 0.6) is 0 Å². The van der Waals surface area contributed by atoms with E-state index in [-0.39, 0.29) is 18.4 Å². The molecule has 0 fully saturated rings. The zero-order valence-corrected chi connectivity index (χ0v) is 7.26. The van der Waals surface area contributed by atoms with Gasteiger partial charge in [0, 0.05) is 12.5 Å². The Bertz CT molecular complexity index is 97.4. The Labute approximate surface area is 62.9 Å². The third kappa shape index (κ3) is 1.96. The smallest absolute Gasteiger partial charge is 0.0689 e. The molecule has 10 heavy (non-hydrogen) atoms. The van der Waals surface area contributed by atoms with Gasteiger partial charge in [0.25, 0.3) is 0 Å². The molecule has 0 spiro atoms. The molecule has 0 heterocycles. The predicted octanol–water partition coefficient (Wildman–Crippen LogP) is 1.02. The molecule has 0 bridgehead atoms. The SMILES string of the molecule is CC(C)[C@@](C)(O)[C@@H](C)CO. The van der Waals surface area contributed by atoms with Gasteiger partial charge in [0.15, 0.2) is 0 Å². The molecule has 0 saturated carbocycles. The maximum atomic E-state index is 9.70. The van der Waals surface area contributed by atoms with Crippen LogP contribution in [0.25, 0.3) is 0 Å². The molecule has 2 N–H and O–H groups in total. The standard InChI is InChI=1S/C8H18O2/c1-6(2)8(4,10)7(3)5-9/h6-7,9-10H,5H2,1-4H3/t7-,8+/m0/s1. The summed E-state index contributed by atoms with van der Waals surface area (Å²) in [5.74, 6) is 0.141. The lowest BCUT2D eigenvalue weighted by Gasteiger charge is -2.32. The van der Waals surface area contributed by atoms with E-state index in [0.29, 0.717) is 0 Å². The summed E-state index contributed by atoms with van der Waals surface area (Å²) in [6, 6.07) is 0. The molecule has 2 atom stereocenters. The highest BCUT2D eigenvalue weighted by Crippen LogP contribution is 2.24. The summed E-state index contributed by atoms with van der Waals surface area (Å²) in [5.41, 5.74) is -0.741. The summed E-state index contributed by atoms with van der Waals surface area (Å²) in [4.78, 5) is 0. The third-order valence-electron chi connectivity index (χ3n) is 2.44. The second-order valence-electron chi connectivity index (χ2n) is 3.46. The Balaban J connectivity index is 4.09. The van der Waals surface area contributed by atoms with Crippen LogP contribution >= 0.6 is 0 Å². The zero-order chi connectivity index (χ0) is 8.36. The van der Waals surface area contributed by atoms with Crippen molar-refractivity contribution >= 4 is 0 Å². The molecule has 0 aliphatic heterocycles. The molecule has 0 aliphatic rings. The minimum absolute atomic E-state index is 0.0468. The maximum Gasteiger partial charge on any atom is 0.0689 e. The second-order valence-corrected chi connectivity index (χ2v) is 3.46. The van der Waals surface area contributed by atoms with Gasteiger partial charge >= 0.3 is 0 Å². The molecule has 0 aromatic heterocycles. The minimum Gasteiger partial charge on any atom is -0.396 e. The zero-order valence-electron chi connectivity index (χ0n) is 7.26. The highest BCUT2D eigenvalue weighted by molar-refractivity contribution is 4.81. The van der Waals surface area contributed by atoms with E-state index in [4.69, 9.17) is 5.11 Å². The van der Waals surface area contributed by atoms with Crippen molar-refractivity contribution in [2.45, 2.75) is 33.3 Å². The molecule has 0 amide bonds. The van der Waals surface area contributed by atoms with Crippen molar-refractivity contribution < 1.29 is 10.2 Å². The fraction of sp³-hybridized carbons (Fsp3) is 1.00. The highest BCUT2D eigenvalue weighted by Gasteiger charge is 2.30. The topological polar surface area (TPSA) is 40.5 Å². The maximum absolute atomic E-state index is 9.70.